The third-order valence-corrected chi connectivity index (χ3v) is 8.52. The van der Waals surface area contributed by atoms with Crippen LogP contribution in [0.4, 0.5) is 5.69 Å². The van der Waals surface area contributed by atoms with E-state index in [0.29, 0.717) is 30.1 Å². The van der Waals surface area contributed by atoms with Crippen molar-refractivity contribution in [2.75, 3.05) is 17.1 Å². The Kier molecular flexibility index (Phi) is 11.0. The maximum Gasteiger partial charge on any atom is 0.243 e. The number of rotatable bonds is 12. The first-order valence-electron chi connectivity index (χ1n) is 13.5. The summed E-state index contributed by atoms with van der Waals surface area (Å²) in [5.41, 5.74) is 2.57. The van der Waals surface area contributed by atoms with Crippen molar-refractivity contribution >= 4 is 39.1 Å². The van der Waals surface area contributed by atoms with Gasteiger partial charge in [-0.15, -0.1) is 0 Å². The van der Waals surface area contributed by atoms with Crippen LogP contribution in [0.5, 0.6) is 0 Å². The Labute approximate surface area is 232 Å². The lowest BCUT2D eigenvalue weighted by Gasteiger charge is -2.33. The van der Waals surface area contributed by atoms with E-state index in [1.165, 1.54) is 10.7 Å². The summed E-state index contributed by atoms with van der Waals surface area (Å²) in [6, 6.07) is 14.1. The van der Waals surface area contributed by atoms with Crippen molar-refractivity contribution in [1.82, 2.24) is 10.2 Å². The molecule has 1 aliphatic rings. The van der Waals surface area contributed by atoms with Gasteiger partial charge in [0.25, 0.3) is 0 Å². The number of sulfonamides is 1. The molecule has 3 rings (SSSR count). The molecule has 38 heavy (non-hydrogen) atoms. The number of hydrogen-bond acceptors (Lipinski definition) is 4. The second kappa shape index (κ2) is 14.0. The summed E-state index contributed by atoms with van der Waals surface area (Å²) in [4.78, 5) is 28.6. The topological polar surface area (TPSA) is 86.8 Å². The van der Waals surface area contributed by atoms with Crippen LogP contribution in [0.15, 0.2) is 48.5 Å². The Balaban J connectivity index is 1.74. The van der Waals surface area contributed by atoms with Crippen molar-refractivity contribution in [3.05, 3.63) is 64.7 Å². The molecule has 0 saturated heterocycles. The van der Waals surface area contributed by atoms with Crippen molar-refractivity contribution < 1.29 is 18.0 Å². The van der Waals surface area contributed by atoms with Gasteiger partial charge in [0.1, 0.15) is 6.04 Å². The van der Waals surface area contributed by atoms with E-state index in [2.05, 4.69) is 5.32 Å². The summed E-state index contributed by atoms with van der Waals surface area (Å²) in [7, 11) is -3.55. The molecule has 2 aromatic rings. The zero-order chi connectivity index (χ0) is 27.7. The van der Waals surface area contributed by atoms with E-state index in [1.54, 1.807) is 29.2 Å². The molecule has 1 unspecified atom stereocenters. The van der Waals surface area contributed by atoms with Crippen LogP contribution in [-0.2, 0) is 26.2 Å². The second-order valence-electron chi connectivity index (χ2n) is 10.2. The Hall–Kier alpha value is -2.58. The standard InChI is InChI=1S/C29H40ClN3O4S/c1-4-27(29(35)31-25-9-6-5-7-10-25)32(21-23-14-12-22(2)13-15-23)28(34)11-8-20-33(38(3,36)37)26-18-16-24(30)17-19-26/h12-19,25,27H,4-11,20-21H2,1-3H3,(H,31,35). The Bertz CT molecular complexity index is 1160. The van der Waals surface area contributed by atoms with Crippen molar-refractivity contribution in [2.45, 2.75) is 83.8 Å². The third kappa shape index (κ3) is 8.73. The van der Waals surface area contributed by atoms with Gasteiger partial charge in [-0.25, -0.2) is 8.42 Å². The molecule has 1 atom stereocenters. The van der Waals surface area contributed by atoms with Gasteiger partial charge in [0.05, 0.1) is 11.9 Å². The van der Waals surface area contributed by atoms with Gasteiger partial charge in [-0.05, 0) is 62.4 Å². The SMILES string of the molecule is CCC(C(=O)NC1CCCCC1)N(Cc1ccc(C)cc1)C(=O)CCCN(c1ccc(Cl)cc1)S(C)(=O)=O. The number of carbonyl (C=O) groups excluding carboxylic acids is 2. The van der Waals surface area contributed by atoms with Crippen LogP contribution in [0, 0.1) is 6.92 Å². The Morgan fingerprint density at radius 2 is 1.66 bits per heavy atom. The first-order valence-corrected chi connectivity index (χ1v) is 15.7. The molecule has 0 aliphatic heterocycles. The van der Waals surface area contributed by atoms with Crippen molar-refractivity contribution in [3.63, 3.8) is 0 Å². The summed E-state index contributed by atoms with van der Waals surface area (Å²) in [6.45, 7) is 4.40. The van der Waals surface area contributed by atoms with Crippen LogP contribution >= 0.6 is 11.6 Å². The highest BCUT2D eigenvalue weighted by Crippen LogP contribution is 2.22. The lowest BCUT2D eigenvalue weighted by molar-refractivity contribution is -0.141. The average Bonchev–Trinajstić information content (AvgIpc) is 2.88. The van der Waals surface area contributed by atoms with Gasteiger partial charge in [0, 0.05) is 30.6 Å². The largest absolute Gasteiger partial charge is 0.352 e. The number of benzene rings is 2. The van der Waals surface area contributed by atoms with E-state index in [-0.39, 0.29) is 30.8 Å². The Morgan fingerprint density at radius 1 is 1.03 bits per heavy atom. The predicted octanol–water partition coefficient (Wildman–Crippen LogP) is 5.45. The number of anilines is 1. The van der Waals surface area contributed by atoms with Crippen LogP contribution in [0.2, 0.25) is 5.02 Å². The number of aryl methyl sites for hydroxylation is 1. The number of nitrogens with one attached hydrogen (secondary N) is 1. The highest BCUT2D eigenvalue weighted by molar-refractivity contribution is 7.92. The molecular formula is C29H40ClN3O4S. The van der Waals surface area contributed by atoms with Gasteiger partial charge in [-0.1, -0.05) is 67.6 Å². The van der Waals surface area contributed by atoms with E-state index in [0.717, 1.165) is 43.1 Å². The highest BCUT2D eigenvalue weighted by atomic mass is 35.5. The van der Waals surface area contributed by atoms with E-state index in [4.69, 9.17) is 11.6 Å². The monoisotopic (exact) mass is 561 g/mol. The minimum absolute atomic E-state index is 0.112. The molecule has 1 N–H and O–H groups in total. The normalized spacial score (nSPS) is 15.1. The van der Waals surface area contributed by atoms with Gasteiger partial charge >= 0.3 is 0 Å². The summed E-state index contributed by atoms with van der Waals surface area (Å²) in [5, 5.41) is 3.70. The molecule has 1 saturated carbocycles. The zero-order valence-corrected chi connectivity index (χ0v) is 24.2. The lowest BCUT2D eigenvalue weighted by Crippen LogP contribution is -2.51. The van der Waals surface area contributed by atoms with E-state index in [1.807, 2.05) is 38.1 Å². The number of carbonyl (C=O) groups is 2. The summed E-state index contributed by atoms with van der Waals surface area (Å²) >= 11 is 5.97. The van der Waals surface area contributed by atoms with Gasteiger partial charge in [0.2, 0.25) is 21.8 Å². The molecule has 0 radical (unpaired) electrons. The molecule has 1 fully saturated rings. The van der Waals surface area contributed by atoms with Gasteiger partial charge in [-0.3, -0.25) is 13.9 Å². The fraction of sp³-hybridized carbons (Fsp3) is 0.517. The van der Waals surface area contributed by atoms with Crippen molar-refractivity contribution in [3.8, 4) is 0 Å². The number of nitrogens with zero attached hydrogens (tertiary/aromatic N) is 2. The zero-order valence-electron chi connectivity index (χ0n) is 22.7. The lowest BCUT2D eigenvalue weighted by atomic mass is 9.95. The molecule has 0 aromatic heterocycles. The van der Waals surface area contributed by atoms with Crippen molar-refractivity contribution in [2.24, 2.45) is 0 Å². The fourth-order valence-corrected chi connectivity index (χ4v) is 6.06. The average molecular weight is 562 g/mol. The van der Waals surface area contributed by atoms with Gasteiger partial charge in [0.15, 0.2) is 0 Å². The van der Waals surface area contributed by atoms with E-state index < -0.39 is 16.1 Å². The molecular weight excluding hydrogens is 522 g/mol. The third-order valence-electron chi connectivity index (χ3n) is 7.08. The number of hydrogen-bond donors (Lipinski definition) is 1. The van der Waals surface area contributed by atoms with Crippen LogP contribution in [0.25, 0.3) is 0 Å². The summed E-state index contributed by atoms with van der Waals surface area (Å²) < 4.78 is 26.2. The minimum atomic E-state index is -3.55. The fourth-order valence-electron chi connectivity index (χ4n) is 4.97. The molecule has 7 nitrogen and oxygen atoms in total. The molecule has 2 amide bonds. The van der Waals surface area contributed by atoms with Gasteiger partial charge < -0.3 is 10.2 Å². The molecule has 208 valence electrons. The first kappa shape index (κ1) is 30.0. The van der Waals surface area contributed by atoms with Gasteiger partial charge in [-0.2, -0.15) is 0 Å². The maximum absolute atomic E-state index is 13.6. The molecule has 0 bridgehead atoms. The first-order chi connectivity index (χ1) is 18.1. The smallest absolute Gasteiger partial charge is 0.243 e. The minimum Gasteiger partial charge on any atom is -0.352 e. The molecule has 0 spiro atoms. The van der Waals surface area contributed by atoms with Crippen molar-refractivity contribution in [1.29, 1.82) is 0 Å². The predicted molar refractivity (Wildman–Crippen MR) is 154 cm³/mol. The van der Waals surface area contributed by atoms with E-state index >= 15 is 0 Å². The number of amides is 2. The molecule has 2 aromatic carbocycles. The molecule has 0 heterocycles. The van der Waals surface area contributed by atoms with Crippen LogP contribution in [-0.4, -0.2) is 50.0 Å². The molecule has 9 heteroatoms. The maximum atomic E-state index is 13.6. The summed E-state index contributed by atoms with van der Waals surface area (Å²) in [6.07, 6.45) is 7.45. The van der Waals surface area contributed by atoms with Crippen LogP contribution in [0.1, 0.15) is 69.4 Å². The van der Waals surface area contributed by atoms with Crippen LogP contribution < -0.4 is 9.62 Å². The molecule has 1 aliphatic carbocycles. The van der Waals surface area contributed by atoms with E-state index in [9.17, 15) is 18.0 Å². The van der Waals surface area contributed by atoms with Crippen LogP contribution in [0.3, 0.4) is 0 Å². The quantitative estimate of drug-likeness (QED) is 0.373. The second-order valence-corrected chi connectivity index (χ2v) is 12.5. The highest BCUT2D eigenvalue weighted by Gasteiger charge is 2.30. The Morgan fingerprint density at radius 3 is 2.24 bits per heavy atom. The number of halogens is 1. The summed E-state index contributed by atoms with van der Waals surface area (Å²) in [5.74, 6) is -0.278.